The predicted octanol–water partition coefficient (Wildman–Crippen LogP) is 7.24. The molecule has 1 fully saturated rings. The lowest BCUT2D eigenvalue weighted by molar-refractivity contribution is -0.122. The van der Waals surface area contributed by atoms with Gasteiger partial charge in [-0.25, -0.2) is 9.69 Å². The van der Waals surface area contributed by atoms with Crippen LogP contribution in [0.1, 0.15) is 22.3 Å². The predicted molar refractivity (Wildman–Crippen MR) is 161 cm³/mol. The minimum atomic E-state index is -0.844. The van der Waals surface area contributed by atoms with Crippen LogP contribution in [0.5, 0.6) is 11.5 Å². The first-order valence-electron chi connectivity index (χ1n) is 12.6. The molecule has 0 spiro atoms. The van der Waals surface area contributed by atoms with E-state index in [1.54, 1.807) is 42.5 Å². The standard InChI is InChI=1S/C32H24BrClN2O5/c1-20-2-4-21(5-3-20)18-40-27-13-11-26(12-14-27)36-31(38)28(30(37)35-32(36)39)17-23-16-25(34)10-15-29(23)41-19-22-6-8-24(33)9-7-22/h2-17H,18-19H2,1H3,(H,35,37,39)/b28-17+. The summed E-state index contributed by atoms with van der Waals surface area (Å²) in [5.41, 5.74) is 3.57. The first kappa shape index (κ1) is 28.1. The van der Waals surface area contributed by atoms with Crippen molar-refractivity contribution in [1.82, 2.24) is 5.32 Å². The van der Waals surface area contributed by atoms with Gasteiger partial charge in [-0.2, -0.15) is 0 Å². The number of anilines is 1. The van der Waals surface area contributed by atoms with E-state index in [1.807, 2.05) is 55.5 Å². The molecule has 1 N–H and O–H groups in total. The number of aryl methyl sites for hydroxylation is 1. The third kappa shape index (κ3) is 6.85. The number of amides is 4. The molecule has 9 heteroatoms. The number of nitrogens with zero attached hydrogens (tertiary/aromatic N) is 1. The molecular weight excluding hydrogens is 608 g/mol. The number of ether oxygens (including phenoxy) is 2. The van der Waals surface area contributed by atoms with Crippen LogP contribution in [0.3, 0.4) is 0 Å². The molecule has 0 unspecified atom stereocenters. The van der Waals surface area contributed by atoms with E-state index in [4.69, 9.17) is 21.1 Å². The SMILES string of the molecule is Cc1ccc(COc2ccc(N3C(=O)NC(=O)/C(=C\c4cc(Cl)ccc4OCc4ccc(Br)cc4)C3=O)cc2)cc1. The Morgan fingerprint density at radius 3 is 2.15 bits per heavy atom. The van der Waals surface area contributed by atoms with Gasteiger partial charge in [-0.05, 0) is 78.7 Å². The van der Waals surface area contributed by atoms with Gasteiger partial charge in [0.25, 0.3) is 11.8 Å². The van der Waals surface area contributed by atoms with E-state index in [1.165, 1.54) is 6.08 Å². The van der Waals surface area contributed by atoms with Gasteiger partial charge in [0.15, 0.2) is 0 Å². The Morgan fingerprint density at radius 2 is 1.46 bits per heavy atom. The van der Waals surface area contributed by atoms with Gasteiger partial charge < -0.3 is 9.47 Å². The Labute approximate surface area is 250 Å². The number of barbiturate groups is 1. The topological polar surface area (TPSA) is 84.9 Å². The Kier molecular flexibility index (Phi) is 8.52. The van der Waals surface area contributed by atoms with Gasteiger partial charge in [0.2, 0.25) is 0 Å². The third-order valence-corrected chi connectivity index (χ3v) is 7.07. The van der Waals surface area contributed by atoms with Gasteiger partial charge in [0.1, 0.15) is 30.3 Å². The number of rotatable bonds is 8. The van der Waals surface area contributed by atoms with E-state index >= 15 is 0 Å². The molecule has 0 aromatic heterocycles. The number of imide groups is 2. The van der Waals surface area contributed by atoms with Crippen molar-refractivity contribution in [2.24, 2.45) is 0 Å². The van der Waals surface area contributed by atoms with Crippen molar-refractivity contribution < 1.29 is 23.9 Å². The second-order valence-corrected chi connectivity index (χ2v) is 10.7. The zero-order valence-corrected chi connectivity index (χ0v) is 24.2. The molecule has 0 aliphatic carbocycles. The Bertz CT molecular complexity index is 1630. The summed E-state index contributed by atoms with van der Waals surface area (Å²) in [6, 6.07) is 26.2. The summed E-state index contributed by atoms with van der Waals surface area (Å²) in [7, 11) is 0. The minimum Gasteiger partial charge on any atom is -0.489 e. The summed E-state index contributed by atoms with van der Waals surface area (Å²) < 4.78 is 12.8. The monoisotopic (exact) mass is 630 g/mol. The highest BCUT2D eigenvalue weighted by molar-refractivity contribution is 9.10. The van der Waals surface area contributed by atoms with E-state index in [-0.39, 0.29) is 17.9 Å². The number of urea groups is 1. The maximum Gasteiger partial charge on any atom is 0.335 e. The van der Waals surface area contributed by atoms with E-state index in [2.05, 4.69) is 21.2 Å². The second kappa shape index (κ2) is 12.4. The highest BCUT2D eigenvalue weighted by Gasteiger charge is 2.37. The van der Waals surface area contributed by atoms with Crippen molar-refractivity contribution in [1.29, 1.82) is 0 Å². The van der Waals surface area contributed by atoms with Gasteiger partial charge in [0, 0.05) is 15.1 Å². The molecule has 0 bridgehead atoms. The molecule has 206 valence electrons. The fourth-order valence-electron chi connectivity index (χ4n) is 4.10. The first-order valence-corrected chi connectivity index (χ1v) is 13.8. The average Bonchev–Trinajstić information content (AvgIpc) is 2.96. The quantitative estimate of drug-likeness (QED) is 0.164. The lowest BCUT2D eigenvalue weighted by Crippen LogP contribution is -2.54. The number of hydrogen-bond donors (Lipinski definition) is 1. The normalized spacial score (nSPS) is 14.3. The van der Waals surface area contributed by atoms with Crippen LogP contribution in [-0.2, 0) is 22.8 Å². The number of carbonyl (C=O) groups excluding carboxylic acids is 3. The van der Waals surface area contributed by atoms with Crippen LogP contribution in [0.25, 0.3) is 6.08 Å². The zero-order chi connectivity index (χ0) is 28.9. The maximum atomic E-state index is 13.4. The summed E-state index contributed by atoms with van der Waals surface area (Å²) in [6.45, 7) is 2.65. The number of hydrogen-bond acceptors (Lipinski definition) is 5. The van der Waals surface area contributed by atoms with Crippen LogP contribution in [-0.4, -0.2) is 17.8 Å². The highest BCUT2D eigenvalue weighted by atomic mass is 79.9. The number of nitrogens with one attached hydrogen (secondary N) is 1. The average molecular weight is 632 g/mol. The van der Waals surface area contributed by atoms with Crippen LogP contribution >= 0.6 is 27.5 Å². The van der Waals surface area contributed by atoms with Crippen molar-refractivity contribution in [2.75, 3.05) is 4.90 Å². The number of halogens is 2. The molecule has 1 aliphatic heterocycles. The molecule has 1 heterocycles. The molecule has 4 amide bonds. The molecule has 4 aromatic rings. The fourth-order valence-corrected chi connectivity index (χ4v) is 4.54. The van der Waals surface area contributed by atoms with Crippen LogP contribution in [0, 0.1) is 6.92 Å². The lowest BCUT2D eigenvalue weighted by Gasteiger charge is -2.26. The van der Waals surface area contributed by atoms with Gasteiger partial charge in [-0.3, -0.25) is 14.9 Å². The smallest absolute Gasteiger partial charge is 0.335 e. The van der Waals surface area contributed by atoms with Gasteiger partial charge in [-0.1, -0.05) is 69.5 Å². The molecule has 1 saturated heterocycles. The molecule has 4 aromatic carbocycles. The van der Waals surface area contributed by atoms with Crippen LogP contribution in [0.15, 0.2) is 101 Å². The van der Waals surface area contributed by atoms with Crippen LogP contribution < -0.4 is 19.7 Å². The summed E-state index contributed by atoms with van der Waals surface area (Å²) in [5, 5.41) is 2.64. The maximum absolute atomic E-state index is 13.4. The number of carbonyl (C=O) groups is 3. The molecule has 0 atom stereocenters. The Balaban J connectivity index is 1.35. The van der Waals surface area contributed by atoms with Crippen molar-refractivity contribution in [3.63, 3.8) is 0 Å². The van der Waals surface area contributed by atoms with Crippen LogP contribution in [0.2, 0.25) is 5.02 Å². The molecule has 1 aliphatic rings. The van der Waals surface area contributed by atoms with E-state index < -0.39 is 17.8 Å². The Hall–Kier alpha value is -4.40. The van der Waals surface area contributed by atoms with Gasteiger partial charge in [0.05, 0.1) is 5.69 Å². The largest absolute Gasteiger partial charge is 0.489 e. The first-order chi connectivity index (χ1) is 19.8. The molecule has 7 nitrogen and oxygen atoms in total. The van der Waals surface area contributed by atoms with Crippen LogP contribution in [0.4, 0.5) is 10.5 Å². The molecular formula is C32H24BrClN2O5. The van der Waals surface area contributed by atoms with Crippen molar-refractivity contribution in [3.05, 3.63) is 128 Å². The molecule has 5 rings (SSSR count). The molecule has 0 saturated carbocycles. The van der Waals surface area contributed by atoms with Gasteiger partial charge in [-0.15, -0.1) is 0 Å². The zero-order valence-electron chi connectivity index (χ0n) is 21.9. The molecule has 0 radical (unpaired) electrons. The van der Waals surface area contributed by atoms with E-state index in [9.17, 15) is 14.4 Å². The van der Waals surface area contributed by atoms with E-state index in [0.29, 0.717) is 28.7 Å². The summed E-state index contributed by atoms with van der Waals surface area (Å²) >= 11 is 9.63. The van der Waals surface area contributed by atoms with Gasteiger partial charge >= 0.3 is 6.03 Å². The Morgan fingerprint density at radius 1 is 0.829 bits per heavy atom. The van der Waals surface area contributed by atoms with E-state index in [0.717, 1.165) is 26.1 Å². The highest BCUT2D eigenvalue weighted by Crippen LogP contribution is 2.29. The lowest BCUT2D eigenvalue weighted by atomic mass is 10.1. The van der Waals surface area contributed by atoms with Crippen molar-refractivity contribution >= 4 is 57.1 Å². The molecule has 41 heavy (non-hydrogen) atoms. The summed E-state index contributed by atoms with van der Waals surface area (Å²) in [6.07, 6.45) is 1.37. The fraction of sp³-hybridized carbons (Fsp3) is 0.0938. The summed E-state index contributed by atoms with van der Waals surface area (Å²) in [5.74, 6) is -0.597. The van der Waals surface area contributed by atoms with Crippen molar-refractivity contribution in [2.45, 2.75) is 20.1 Å². The third-order valence-electron chi connectivity index (χ3n) is 6.30. The second-order valence-electron chi connectivity index (χ2n) is 9.32. The summed E-state index contributed by atoms with van der Waals surface area (Å²) in [4.78, 5) is 39.8. The number of benzene rings is 4. The minimum absolute atomic E-state index is 0.236. The van der Waals surface area contributed by atoms with Crippen molar-refractivity contribution in [3.8, 4) is 11.5 Å².